The van der Waals surface area contributed by atoms with Crippen LogP contribution < -0.4 is 0 Å². The van der Waals surface area contributed by atoms with Gasteiger partial charge < -0.3 is 14.6 Å². The van der Waals surface area contributed by atoms with Gasteiger partial charge in [0.1, 0.15) is 12.0 Å². The Morgan fingerprint density at radius 3 is 2.92 bits per heavy atom. The normalized spacial score (nSPS) is 17.3. The molecule has 1 amide bonds. The minimum absolute atomic E-state index is 0.0700. The molecule has 1 N–H and O–H groups in total. The highest BCUT2D eigenvalue weighted by atomic mass is 16.5. The summed E-state index contributed by atoms with van der Waals surface area (Å²) in [5, 5.41) is 0.973. The molecular weight excluding hydrogens is 316 g/mol. The topological polar surface area (TPSA) is 71.1 Å². The molecule has 1 saturated heterocycles. The number of carbonyl (C=O) groups excluding carboxylic acids is 1. The van der Waals surface area contributed by atoms with Gasteiger partial charge in [0.05, 0.1) is 18.3 Å². The van der Waals surface area contributed by atoms with Crippen molar-refractivity contribution >= 4 is 16.9 Å². The minimum atomic E-state index is 0.0700. The Bertz CT molecular complexity index is 888. The van der Waals surface area contributed by atoms with Crippen molar-refractivity contribution in [2.45, 2.75) is 18.9 Å². The van der Waals surface area contributed by atoms with E-state index in [2.05, 4.69) is 15.0 Å². The summed E-state index contributed by atoms with van der Waals surface area (Å²) in [6.07, 6.45) is 5.44. The van der Waals surface area contributed by atoms with E-state index in [9.17, 15) is 4.79 Å². The third kappa shape index (κ3) is 2.89. The lowest BCUT2D eigenvalue weighted by Crippen LogP contribution is -2.38. The first-order valence-corrected chi connectivity index (χ1v) is 8.46. The maximum Gasteiger partial charge on any atom is 0.254 e. The van der Waals surface area contributed by atoms with Crippen LogP contribution in [0.15, 0.2) is 42.9 Å². The number of benzene rings is 1. The Hall–Kier alpha value is -2.73. The van der Waals surface area contributed by atoms with Gasteiger partial charge >= 0.3 is 0 Å². The predicted molar refractivity (Wildman–Crippen MR) is 95.3 cm³/mol. The molecule has 6 heteroatoms. The fourth-order valence-corrected chi connectivity index (χ4v) is 3.51. The summed E-state index contributed by atoms with van der Waals surface area (Å²) < 4.78 is 5.24. The molecule has 25 heavy (non-hydrogen) atoms. The van der Waals surface area contributed by atoms with Crippen LogP contribution in [-0.4, -0.2) is 52.1 Å². The molecule has 1 fully saturated rings. The van der Waals surface area contributed by atoms with E-state index in [0.29, 0.717) is 12.2 Å². The summed E-state index contributed by atoms with van der Waals surface area (Å²) in [4.78, 5) is 26.4. The summed E-state index contributed by atoms with van der Waals surface area (Å²) in [5.41, 5.74) is 3.35. The SMILES string of the molecule is COCC1CCCN1C(=O)c1ccc(-c2ncnc3[nH]ccc23)cc1. The number of hydrogen-bond donors (Lipinski definition) is 1. The van der Waals surface area contributed by atoms with Gasteiger partial charge in [0, 0.05) is 36.4 Å². The van der Waals surface area contributed by atoms with Gasteiger partial charge in [0.2, 0.25) is 0 Å². The fourth-order valence-electron chi connectivity index (χ4n) is 3.51. The van der Waals surface area contributed by atoms with Crippen molar-refractivity contribution < 1.29 is 9.53 Å². The zero-order valence-corrected chi connectivity index (χ0v) is 14.1. The zero-order chi connectivity index (χ0) is 17.2. The number of likely N-dealkylation sites (tertiary alicyclic amines) is 1. The Labute approximate surface area is 145 Å². The van der Waals surface area contributed by atoms with Crippen molar-refractivity contribution in [1.29, 1.82) is 0 Å². The predicted octanol–water partition coefficient (Wildman–Crippen LogP) is 2.88. The first kappa shape index (κ1) is 15.8. The van der Waals surface area contributed by atoms with E-state index >= 15 is 0 Å². The third-order valence-electron chi connectivity index (χ3n) is 4.76. The van der Waals surface area contributed by atoms with Crippen LogP contribution in [0.5, 0.6) is 0 Å². The van der Waals surface area contributed by atoms with E-state index in [1.807, 2.05) is 41.4 Å². The van der Waals surface area contributed by atoms with Crippen LogP contribution in [0.25, 0.3) is 22.3 Å². The summed E-state index contributed by atoms with van der Waals surface area (Å²) in [7, 11) is 1.68. The molecule has 1 atom stereocenters. The number of H-pyrrole nitrogens is 1. The number of nitrogens with one attached hydrogen (secondary N) is 1. The van der Waals surface area contributed by atoms with Gasteiger partial charge in [0.15, 0.2) is 0 Å². The fraction of sp³-hybridized carbons (Fsp3) is 0.316. The zero-order valence-electron chi connectivity index (χ0n) is 14.1. The second-order valence-corrected chi connectivity index (χ2v) is 6.29. The highest BCUT2D eigenvalue weighted by Crippen LogP contribution is 2.26. The second kappa shape index (κ2) is 6.64. The number of rotatable bonds is 4. The molecule has 0 radical (unpaired) electrons. The van der Waals surface area contributed by atoms with Gasteiger partial charge in [-0.2, -0.15) is 0 Å². The lowest BCUT2D eigenvalue weighted by Gasteiger charge is -2.24. The summed E-state index contributed by atoms with van der Waals surface area (Å²) in [6.45, 7) is 1.39. The molecule has 3 aromatic rings. The average Bonchev–Trinajstić information content (AvgIpc) is 3.30. The molecule has 0 spiro atoms. The number of aromatic nitrogens is 3. The average molecular weight is 336 g/mol. The molecular formula is C19H20N4O2. The smallest absolute Gasteiger partial charge is 0.254 e. The molecule has 128 valence electrons. The molecule has 1 unspecified atom stereocenters. The van der Waals surface area contributed by atoms with E-state index in [1.54, 1.807) is 13.4 Å². The van der Waals surface area contributed by atoms with Crippen LogP contribution in [0, 0.1) is 0 Å². The van der Waals surface area contributed by atoms with E-state index in [-0.39, 0.29) is 11.9 Å². The van der Waals surface area contributed by atoms with Crippen LogP contribution in [-0.2, 0) is 4.74 Å². The van der Waals surface area contributed by atoms with Crippen LogP contribution in [0.3, 0.4) is 0 Å². The Kier molecular flexibility index (Phi) is 4.19. The van der Waals surface area contributed by atoms with E-state index in [4.69, 9.17) is 4.74 Å². The maximum absolute atomic E-state index is 12.8. The quantitative estimate of drug-likeness (QED) is 0.795. The van der Waals surface area contributed by atoms with Crippen molar-refractivity contribution in [1.82, 2.24) is 19.9 Å². The van der Waals surface area contributed by atoms with Crippen LogP contribution in [0.2, 0.25) is 0 Å². The van der Waals surface area contributed by atoms with Crippen molar-refractivity contribution in [3.63, 3.8) is 0 Å². The molecule has 1 aliphatic rings. The molecule has 0 saturated carbocycles. The summed E-state index contributed by atoms with van der Waals surface area (Å²) in [6, 6.07) is 9.79. The molecule has 2 aromatic heterocycles. The Morgan fingerprint density at radius 1 is 1.28 bits per heavy atom. The van der Waals surface area contributed by atoms with Gasteiger partial charge in [-0.15, -0.1) is 0 Å². The lowest BCUT2D eigenvalue weighted by molar-refractivity contribution is 0.0630. The van der Waals surface area contributed by atoms with Gasteiger partial charge in [-0.25, -0.2) is 9.97 Å². The lowest BCUT2D eigenvalue weighted by atomic mass is 10.1. The number of amides is 1. The second-order valence-electron chi connectivity index (χ2n) is 6.29. The van der Waals surface area contributed by atoms with Gasteiger partial charge in [-0.1, -0.05) is 12.1 Å². The molecule has 3 heterocycles. The maximum atomic E-state index is 12.8. The number of carbonyl (C=O) groups is 1. The Balaban J connectivity index is 1.60. The van der Waals surface area contributed by atoms with Crippen LogP contribution in [0.4, 0.5) is 0 Å². The number of nitrogens with zero attached hydrogens (tertiary/aromatic N) is 3. The standard InChI is InChI=1S/C19H20N4O2/c1-25-11-15-3-2-10-23(15)19(24)14-6-4-13(5-7-14)17-16-8-9-20-18(16)22-12-21-17/h4-9,12,15H,2-3,10-11H2,1H3,(H,20,21,22). The highest BCUT2D eigenvalue weighted by Gasteiger charge is 2.29. The van der Waals surface area contributed by atoms with Crippen molar-refractivity contribution in [2.75, 3.05) is 20.3 Å². The highest BCUT2D eigenvalue weighted by molar-refractivity contribution is 5.96. The van der Waals surface area contributed by atoms with Crippen LogP contribution in [0.1, 0.15) is 23.2 Å². The number of ether oxygens (including phenoxy) is 1. The number of fused-ring (bicyclic) bond motifs is 1. The van der Waals surface area contributed by atoms with Gasteiger partial charge in [0.25, 0.3) is 5.91 Å². The summed E-state index contributed by atoms with van der Waals surface area (Å²) in [5.74, 6) is 0.0700. The van der Waals surface area contributed by atoms with Crippen molar-refractivity contribution in [3.8, 4) is 11.3 Å². The molecule has 0 bridgehead atoms. The minimum Gasteiger partial charge on any atom is -0.383 e. The first-order chi connectivity index (χ1) is 12.3. The largest absolute Gasteiger partial charge is 0.383 e. The monoisotopic (exact) mass is 336 g/mol. The molecule has 1 aliphatic heterocycles. The Morgan fingerprint density at radius 2 is 2.12 bits per heavy atom. The van der Waals surface area contributed by atoms with E-state index in [0.717, 1.165) is 41.7 Å². The van der Waals surface area contributed by atoms with Crippen molar-refractivity contribution in [2.24, 2.45) is 0 Å². The first-order valence-electron chi connectivity index (χ1n) is 8.46. The van der Waals surface area contributed by atoms with Crippen LogP contribution >= 0.6 is 0 Å². The molecule has 1 aromatic carbocycles. The molecule has 4 rings (SSSR count). The third-order valence-corrected chi connectivity index (χ3v) is 4.76. The molecule has 6 nitrogen and oxygen atoms in total. The number of aromatic amines is 1. The van der Waals surface area contributed by atoms with Gasteiger partial charge in [-0.05, 0) is 31.0 Å². The van der Waals surface area contributed by atoms with E-state index in [1.165, 1.54) is 0 Å². The summed E-state index contributed by atoms with van der Waals surface area (Å²) >= 11 is 0. The van der Waals surface area contributed by atoms with E-state index < -0.39 is 0 Å². The van der Waals surface area contributed by atoms with Gasteiger partial charge in [-0.3, -0.25) is 4.79 Å². The number of methoxy groups -OCH3 is 1. The van der Waals surface area contributed by atoms with Crippen molar-refractivity contribution in [3.05, 3.63) is 48.4 Å². The number of hydrogen-bond acceptors (Lipinski definition) is 4. The molecule has 0 aliphatic carbocycles.